The number of carbonyl (C=O) groups is 5. The molecule has 0 heterocycles. The molecule has 0 rings (SSSR count). The van der Waals surface area contributed by atoms with Gasteiger partial charge in [0.25, 0.3) is 0 Å². The van der Waals surface area contributed by atoms with Crippen LogP contribution in [0.25, 0.3) is 0 Å². The third-order valence-electron chi connectivity index (χ3n) is 3.83. The van der Waals surface area contributed by atoms with Gasteiger partial charge in [-0.15, -0.1) is 0 Å². The van der Waals surface area contributed by atoms with Crippen molar-refractivity contribution in [2.75, 3.05) is 12.3 Å². The van der Waals surface area contributed by atoms with Crippen molar-refractivity contribution in [3.05, 3.63) is 0 Å². The second kappa shape index (κ2) is 13.7. The Morgan fingerprint density at radius 3 is 1.90 bits per heavy atom. The van der Waals surface area contributed by atoms with Crippen LogP contribution < -0.4 is 33.2 Å². The summed E-state index contributed by atoms with van der Waals surface area (Å²) < 4.78 is 0. The van der Waals surface area contributed by atoms with Crippen molar-refractivity contribution in [3.63, 3.8) is 0 Å². The van der Waals surface area contributed by atoms with E-state index in [4.69, 9.17) is 22.3 Å². The molecule has 0 bridgehead atoms. The highest BCUT2D eigenvalue weighted by Crippen LogP contribution is 2.04. The van der Waals surface area contributed by atoms with Crippen LogP contribution in [-0.2, 0) is 24.0 Å². The monoisotopic (exact) mass is 434 g/mol. The summed E-state index contributed by atoms with van der Waals surface area (Å²) in [6.07, 6.45) is 0.605. The maximum Gasteiger partial charge on any atom is 0.326 e. The Hall–Kier alpha value is -2.38. The van der Waals surface area contributed by atoms with Crippen LogP contribution in [0.1, 0.15) is 32.6 Å². The van der Waals surface area contributed by atoms with Crippen LogP contribution in [0.4, 0.5) is 0 Å². The molecule has 0 aromatic carbocycles. The number of carboxylic acid groups (broad SMARTS) is 1. The van der Waals surface area contributed by atoms with Crippen LogP contribution in [0.15, 0.2) is 0 Å². The fourth-order valence-electron chi connectivity index (χ4n) is 2.20. The van der Waals surface area contributed by atoms with Gasteiger partial charge in [0, 0.05) is 5.75 Å². The predicted octanol–water partition coefficient (Wildman–Crippen LogP) is -3.19. The molecule has 166 valence electrons. The first-order valence-corrected chi connectivity index (χ1v) is 9.65. The SMILES string of the molecule is CC(N)C(=O)NC(CS)C(=O)NC(CCCCN)C(=O)NC(CC(N)=O)C(=O)O. The van der Waals surface area contributed by atoms with Crippen molar-refractivity contribution in [1.82, 2.24) is 16.0 Å². The minimum Gasteiger partial charge on any atom is -0.480 e. The summed E-state index contributed by atoms with van der Waals surface area (Å²) in [6, 6.07) is -4.55. The zero-order chi connectivity index (χ0) is 22.6. The van der Waals surface area contributed by atoms with Crippen LogP contribution in [0.3, 0.4) is 0 Å². The molecule has 0 aliphatic heterocycles. The Morgan fingerprint density at radius 2 is 1.45 bits per heavy atom. The Kier molecular flexibility index (Phi) is 12.6. The molecule has 4 amide bonds. The summed E-state index contributed by atoms with van der Waals surface area (Å²) in [5.74, 6) is -4.47. The molecule has 0 saturated carbocycles. The number of thiol groups is 1. The van der Waals surface area contributed by atoms with Gasteiger partial charge in [-0.2, -0.15) is 12.6 Å². The predicted molar refractivity (Wildman–Crippen MR) is 108 cm³/mol. The van der Waals surface area contributed by atoms with E-state index in [1.165, 1.54) is 6.92 Å². The summed E-state index contributed by atoms with van der Waals surface area (Å²) in [7, 11) is 0. The third kappa shape index (κ3) is 10.7. The molecule has 13 heteroatoms. The van der Waals surface area contributed by atoms with E-state index >= 15 is 0 Å². The summed E-state index contributed by atoms with van der Waals surface area (Å²) in [4.78, 5) is 58.9. The highest BCUT2D eigenvalue weighted by atomic mass is 32.1. The van der Waals surface area contributed by atoms with Crippen molar-refractivity contribution in [3.8, 4) is 0 Å². The molecule has 0 aliphatic rings. The van der Waals surface area contributed by atoms with Gasteiger partial charge < -0.3 is 38.3 Å². The van der Waals surface area contributed by atoms with Gasteiger partial charge in [-0.05, 0) is 32.7 Å². The summed E-state index contributed by atoms with van der Waals surface area (Å²) in [6.45, 7) is 1.81. The lowest BCUT2D eigenvalue weighted by Gasteiger charge is -2.24. The van der Waals surface area contributed by atoms with E-state index in [0.717, 1.165) is 0 Å². The van der Waals surface area contributed by atoms with E-state index in [2.05, 4.69) is 28.6 Å². The number of hydrogen-bond donors (Lipinski definition) is 8. The lowest BCUT2D eigenvalue weighted by atomic mass is 10.1. The topological polar surface area (TPSA) is 220 Å². The number of carboxylic acids is 1. The first kappa shape index (κ1) is 26.6. The molecule has 0 aliphatic carbocycles. The number of rotatable bonds is 14. The van der Waals surface area contributed by atoms with E-state index in [9.17, 15) is 24.0 Å². The van der Waals surface area contributed by atoms with E-state index < -0.39 is 60.2 Å². The molecule has 0 saturated heterocycles. The molecule has 0 aromatic rings. The van der Waals surface area contributed by atoms with Crippen LogP contribution >= 0.6 is 12.6 Å². The minimum absolute atomic E-state index is 0.0547. The lowest BCUT2D eigenvalue weighted by Crippen LogP contribution is -2.57. The van der Waals surface area contributed by atoms with Gasteiger partial charge in [0.05, 0.1) is 12.5 Å². The van der Waals surface area contributed by atoms with Crippen LogP contribution in [0.2, 0.25) is 0 Å². The summed E-state index contributed by atoms with van der Waals surface area (Å²) >= 11 is 4.02. The van der Waals surface area contributed by atoms with Crippen LogP contribution in [0.5, 0.6) is 0 Å². The lowest BCUT2D eigenvalue weighted by molar-refractivity contribution is -0.143. The molecule has 0 aromatic heterocycles. The molecule has 12 nitrogen and oxygen atoms in total. The van der Waals surface area contributed by atoms with Crippen molar-refractivity contribution < 1.29 is 29.1 Å². The third-order valence-corrected chi connectivity index (χ3v) is 4.19. The summed E-state index contributed by atoms with van der Waals surface area (Å²) in [5, 5.41) is 16.2. The van der Waals surface area contributed by atoms with Gasteiger partial charge in [0.1, 0.15) is 18.1 Å². The molecular weight excluding hydrogens is 404 g/mol. The summed E-state index contributed by atoms with van der Waals surface area (Å²) in [5.41, 5.74) is 15.9. The molecule has 4 atom stereocenters. The number of nitrogens with one attached hydrogen (secondary N) is 3. The molecule has 10 N–H and O–H groups in total. The van der Waals surface area contributed by atoms with E-state index in [-0.39, 0.29) is 12.2 Å². The number of aliphatic carboxylic acids is 1. The highest BCUT2D eigenvalue weighted by Gasteiger charge is 2.29. The molecule has 4 unspecified atom stereocenters. The Balaban J connectivity index is 5.24. The van der Waals surface area contributed by atoms with Gasteiger partial charge >= 0.3 is 5.97 Å². The highest BCUT2D eigenvalue weighted by molar-refractivity contribution is 7.80. The second-order valence-corrected chi connectivity index (χ2v) is 6.81. The van der Waals surface area contributed by atoms with Gasteiger partial charge in [-0.1, -0.05) is 0 Å². The van der Waals surface area contributed by atoms with Crippen molar-refractivity contribution in [2.45, 2.75) is 56.8 Å². The first-order chi connectivity index (χ1) is 13.5. The largest absolute Gasteiger partial charge is 0.480 e. The number of amides is 4. The average Bonchev–Trinajstić information content (AvgIpc) is 2.63. The number of nitrogens with two attached hydrogens (primary N) is 3. The first-order valence-electron chi connectivity index (χ1n) is 9.02. The maximum atomic E-state index is 12.5. The molecule has 0 radical (unpaired) electrons. The van der Waals surface area contributed by atoms with Gasteiger partial charge in [-0.25, -0.2) is 4.79 Å². The van der Waals surface area contributed by atoms with Gasteiger partial charge in [0.15, 0.2) is 0 Å². The second-order valence-electron chi connectivity index (χ2n) is 6.45. The smallest absolute Gasteiger partial charge is 0.326 e. The van der Waals surface area contributed by atoms with Crippen molar-refractivity contribution in [1.29, 1.82) is 0 Å². The van der Waals surface area contributed by atoms with E-state index in [1.807, 2.05) is 0 Å². The maximum absolute atomic E-state index is 12.5. The zero-order valence-corrected chi connectivity index (χ0v) is 17.1. The zero-order valence-electron chi connectivity index (χ0n) is 16.2. The quantitative estimate of drug-likeness (QED) is 0.102. The van der Waals surface area contributed by atoms with Gasteiger partial charge in [0.2, 0.25) is 23.6 Å². The van der Waals surface area contributed by atoms with E-state index in [1.54, 1.807) is 0 Å². The Morgan fingerprint density at radius 1 is 0.931 bits per heavy atom. The Labute approximate surface area is 174 Å². The average molecular weight is 435 g/mol. The minimum atomic E-state index is -1.53. The molecule has 0 fully saturated rings. The van der Waals surface area contributed by atoms with Crippen LogP contribution in [-0.4, -0.2) is 71.2 Å². The Bertz CT molecular complexity index is 602. The van der Waals surface area contributed by atoms with Crippen molar-refractivity contribution >= 4 is 42.2 Å². The van der Waals surface area contributed by atoms with Crippen molar-refractivity contribution in [2.24, 2.45) is 17.2 Å². The normalized spacial score (nSPS) is 14.8. The molecular formula is C16H30N6O6S. The number of hydrogen-bond acceptors (Lipinski definition) is 8. The number of carbonyl (C=O) groups excluding carboxylic acids is 4. The number of unbranched alkanes of at least 4 members (excludes halogenated alkanes) is 1. The fraction of sp³-hybridized carbons (Fsp3) is 0.688. The van der Waals surface area contributed by atoms with Gasteiger partial charge in [-0.3, -0.25) is 19.2 Å². The van der Waals surface area contributed by atoms with Crippen LogP contribution in [0, 0.1) is 0 Å². The standard InChI is InChI=1S/C16H30N6O6S/c1-8(18)13(24)22-11(7-29)15(26)20-9(4-2-3-5-17)14(25)21-10(16(27)28)6-12(19)23/h8-11,29H,2-7,17-18H2,1H3,(H2,19,23)(H,20,26)(H,21,25)(H,22,24)(H,27,28). The van der Waals surface area contributed by atoms with E-state index in [0.29, 0.717) is 19.4 Å². The molecule has 0 spiro atoms. The molecule has 29 heavy (non-hydrogen) atoms. The number of primary amides is 1. The fourth-order valence-corrected chi connectivity index (χ4v) is 2.46.